The lowest BCUT2D eigenvalue weighted by atomic mass is 10.1. The monoisotopic (exact) mass is 286 g/mol. The van der Waals surface area contributed by atoms with Gasteiger partial charge in [0.05, 0.1) is 13.5 Å². The lowest BCUT2D eigenvalue weighted by Crippen LogP contribution is -1.98. The first kappa shape index (κ1) is 17.5. The molecule has 3 nitrogen and oxygen atoms in total. The molecule has 2 aromatic rings. The fraction of sp³-hybridized carbons (Fsp3) is 0.357. The van der Waals surface area contributed by atoms with Gasteiger partial charge in [0.1, 0.15) is 0 Å². The van der Waals surface area contributed by atoms with E-state index in [0.717, 1.165) is 17.6 Å². The van der Waals surface area contributed by atoms with Crippen molar-refractivity contribution in [2.75, 3.05) is 7.11 Å². The molecule has 2 rings (SSSR count). The van der Waals surface area contributed by atoms with Gasteiger partial charge in [0.15, 0.2) is 0 Å². The molecule has 1 aromatic heterocycles. The Balaban J connectivity index is 0.000000573. The van der Waals surface area contributed by atoms with Crippen LogP contribution in [0.1, 0.15) is 24.3 Å². The van der Waals surface area contributed by atoms with E-state index in [1.54, 1.807) is 11.3 Å². The van der Waals surface area contributed by atoms with Gasteiger partial charge in [-0.2, -0.15) is 4.94 Å². The smallest absolute Gasteiger partial charge is 0.308 e. The van der Waals surface area contributed by atoms with Crippen LogP contribution in [0.3, 0.4) is 0 Å². The number of carboxylic acids is 1. The Kier molecular flexibility index (Phi) is 8.74. The van der Waals surface area contributed by atoms with Gasteiger partial charge in [-0.1, -0.05) is 32.0 Å². The molecule has 0 amide bonds. The zero-order valence-corrected chi connectivity index (χ0v) is 12.4. The molecule has 0 aliphatic rings. The van der Waals surface area contributed by atoms with E-state index in [-0.39, 0.29) is 6.42 Å². The molecule has 1 N–H and O–H groups in total. The number of aliphatic carboxylic acids is 1. The molecule has 0 unspecified atom stereocenters. The number of thiophene rings is 1. The Morgan fingerprint density at radius 3 is 2.37 bits per heavy atom. The fourth-order valence-corrected chi connectivity index (χ4v) is 2.73. The van der Waals surface area contributed by atoms with Gasteiger partial charge in [-0.3, -0.25) is 4.79 Å². The van der Waals surface area contributed by atoms with Crippen LogP contribution in [0.2, 0.25) is 0 Å². The summed E-state index contributed by atoms with van der Waals surface area (Å²) in [6.07, 6.45) is 0.130. The van der Waals surface area contributed by atoms with Crippen LogP contribution in [0.25, 0.3) is 10.1 Å². The summed E-state index contributed by atoms with van der Waals surface area (Å²) in [4.78, 5) is 14.3. The number of carbonyl (C=O) groups is 1. The summed E-state index contributed by atoms with van der Waals surface area (Å²) in [5, 5.41) is 9.90. The number of carboxylic acid groups (broad SMARTS) is 1. The quantitative estimate of drug-likeness (QED) is 0.891. The third-order valence-corrected chi connectivity index (χ3v) is 3.53. The molecular formula is C14H19FO3S. The third-order valence-electron chi connectivity index (χ3n) is 2.25. The van der Waals surface area contributed by atoms with Crippen LogP contribution in [0.5, 0.6) is 0 Å². The van der Waals surface area contributed by atoms with Gasteiger partial charge < -0.3 is 5.11 Å². The van der Waals surface area contributed by atoms with Crippen LogP contribution in [0, 0.1) is 6.92 Å². The topological polar surface area (TPSA) is 46.5 Å². The molecule has 0 saturated carbocycles. The number of halogens is 1. The van der Waals surface area contributed by atoms with Crippen LogP contribution >= 0.6 is 11.3 Å². The molecule has 0 bridgehead atoms. The van der Waals surface area contributed by atoms with Crippen molar-refractivity contribution in [2.24, 2.45) is 0 Å². The lowest BCUT2D eigenvalue weighted by molar-refractivity contribution is -0.136. The molecule has 19 heavy (non-hydrogen) atoms. The zero-order valence-electron chi connectivity index (χ0n) is 11.6. The molecule has 106 valence electrons. The SMILES string of the molecule is CC.COF.Cc1c(CC(=O)O)sc2ccccc12. The Morgan fingerprint density at radius 1 is 1.37 bits per heavy atom. The van der Waals surface area contributed by atoms with E-state index in [2.05, 4.69) is 4.94 Å². The molecule has 0 aliphatic heterocycles. The molecule has 0 saturated heterocycles. The molecule has 0 fully saturated rings. The van der Waals surface area contributed by atoms with Crippen molar-refractivity contribution in [1.82, 2.24) is 0 Å². The van der Waals surface area contributed by atoms with Gasteiger partial charge in [-0.25, -0.2) is 0 Å². The zero-order chi connectivity index (χ0) is 14.8. The number of fused-ring (bicyclic) bond motifs is 1. The van der Waals surface area contributed by atoms with Crippen molar-refractivity contribution in [3.05, 3.63) is 34.7 Å². The molecule has 0 radical (unpaired) electrons. The van der Waals surface area contributed by atoms with Crippen LogP contribution in [0.4, 0.5) is 4.53 Å². The van der Waals surface area contributed by atoms with Gasteiger partial charge in [0.2, 0.25) is 0 Å². The van der Waals surface area contributed by atoms with Crippen LogP contribution in [-0.4, -0.2) is 18.2 Å². The van der Waals surface area contributed by atoms with Gasteiger partial charge in [-0.15, -0.1) is 11.3 Å². The van der Waals surface area contributed by atoms with Crippen molar-refractivity contribution < 1.29 is 19.4 Å². The minimum atomic E-state index is -0.764. The second-order valence-electron chi connectivity index (χ2n) is 3.37. The van der Waals surface area contributed by atoms with Crippen LogP contribution in [-0.2, 0) is 16.2 Å². The minimum absolute atomic E-state index is 0.130. The van der Waals surface area contributed by atoms with Crippen molar-refractivity contribution in [2.45, 2.75) is 27.2 Å². The normalized spacial score (nSPS) is 9.11. The first-order chi connectivity index (χ1) is 9.10. The number of hydrogen-bond donors (Lipinski definition) is 1. The van der Waals surface area contributed by atoms with E-state index in [0.29, 0.717) is 0 Å². The molecule has 5 heteroatoms. The predicted molar refractivity (Wildman–Crippen MR) is 77.4 cm³/mol. The molecule has 0 spiro atoms. The predicted octanol–water partition coefficient (Wildman–Crippen LogP) is 4.38. The van der Waals surface area contributed by atoms with Crippen molar-refractivity contribution in [3.8, 4) is 0 Å². The summed E-state index contributed by atoms with van der Waals surface area (Å²) in [6.45, 7) is 5.98. The highest BCUT2D eigenvalue weighted by atomic mass is 32.1. The highest BCUT2D eigenvalue weighted by molar-refractivity contribution is 7.19. The fourth-order valence-electron chi connectivity index (χ4n) is 1.53. The Morgan fingerprint density at radius 2 is 1.89 bits per heavy atom. The average molecular weight is 286 g/mol. The maximum absolute atomic E-state index is 10.6. The van der Waals surface area contributed by atoms with Gasteiger partial charge in [0, 0.05) is 9.58 Å². The Hall–Kier alpha value is -1.46. The maximum Gasteiger partial charge on any atom is 0.308 e. The highest BCUT2D eigenvalue weighted by Crippen LogP contribution is 2.30. The van der Waals surface area contributed by atoms with Crippen molar-refractivity contribution in [1.29, 1.82) is 0 Å². The summed E-state index contributed by atoms with van der Waals surface area (Å²) >= 11 is 1.57. The maximum atomic E-state index is 10.6. The molecule has 1 aromatic carbocycles. The van der Waals surface area contributed by atoms with E-state index < -0.39 is 5.97 Å². The second-order valence-corrected chi connectivity index (χ2v) is 4.51. The Bertz CT molecular complexity index is 508. The summed E-state index contributed by atoms with van der Waals surface area (Å²) in [7, 11) is 0.958. The average Bonchev–Trinajstić information content (AvgIpc) is 2.70. The standard InChI is InChI=1S/C11H10O2S.C2H6.CH3FO/c1-7-8-4-2-3-5-9(8)14-10(7)6-11(12)13;1-2;1-3-2/h2-5H,6H2,1H3,(H,12,13);1-2H3;1H3. The van der Waals surface area contributed by atoms with Gasteiger partial charge in [0.25, 0.3) is 0 Å². The van der Waals surface area contributed by atoms with Crippen LogP contribution in [0.15, 0.2) is 24.3 Å². The van der Waals surface area contributed by atoms with E-state index in [1.807, 2.05) is 45.0 Å². The number of hydrogen-bond acceptors (Lipinski definition) is 3. The summed E-state index contributed by atoms with van der Waals surface area (Å²) in [5.41, 5.74) is 1.10. The van der Waals surface area contributed by atoms with Crippen molar-refractivity contribution >= 4 is 27.4 Å². The Labute approximate surface area is 116 Å². The summed E-state index contributed by atoms with van der Waals surface area (Å²) in [6, 6.07) is 8.01. The van der Waals surface area contributed by atoms with E-state index in [9.17, 15) is 9.32 Å². The molecule has 0 aliphatic carbocycles. The number of rotatable bonds is 2. The summed E-state index contributed by atoms with van der Waals surface area (Å²) < 4.78 is 11.0. The molecular weight excluding hydrogens is 267 g/mol. The minimum Gasteiger partial charge on any atom is -0.481 e. The van der Waals surface area contributed by atoms with E-state index >= 15 is 0 Å². The summed E-state index contributed by atoms with van der Waals surface area (Å²) in [5.74, 6) is -0.764. The van der Waals surface area contributed by atoms with Crippen molar-refractivity contribution in [3.63, 3.8) is 0 Å². The van der Waals surface area contributed by atoms with Gasteiger partial charge in [-0.05, 0) is 28.5 Å². The van der Waals surface area contributed by atoms with E-state index in [1.165, 1.54) is 10.1 Å². The molecule has 0 atom stereocenters. The van der Waals surface area contributed by atoms with Crippen LogP contribution < -0.4 is 0 Å². The van der Waals surface area contributed by atoms with Gasteiger partial charge >= 0.3 is 5.97 Å². The first-order valence-electron chi connectivity index (χ1n) is 5.93. The second kappa shape index (κ2) is 9.47. The lowest BCUT2D eigenvalue weighted by Gasteiger charge is -1.93. The highest BCUT2D eigenvalue weighted by Gasteiger charge is 2.10. The molecule has 1 heterocycles. The number of benzene rings is 1. The largest absolute Gasteiger partial charge is 0.481 e. The first-order valence-corrected chi connectivity index (χ1v) is 6.75. The van der Waals surface area contributed by atoms with E-state index in [4.69, 9.17) is 5.11 Å². The third kappa shape index (κ3) is 5.36. The number of aryl methyl sites for hydroxylation is 1.